The van der Waals surface area contributed by atoms with E-state index in [1.54, 1.807) is 12.3 Å². The molecule has 1 saturated carbocycles. The van der Waals surface area contributed by atoms with Gasteiger partial charge in [-0.1, -0.05) is 26.0 Å². The van der Waals surface area contributed by atoms with Gasteiger partial charge in [0.15, 0.2) is 0 Å². The predicted octanol–water partition coefficient (Wildman–Crippen LogP) is 3.26. The summed E-state index contributed by atoms with van der Waals surface area (Å²) < 4.78 is 11.3. The summed E-state index contributed by atoms with van der Waals surface area (Å²) in [6.45, 7) is 5.70. The van der Waals surface area contributed by atoms with Gasteiger partial charge in [-0.2, -0.15) is 0 Å². The molecule has 0 spiro atoms. The van der Waals surface area contributed by atoms with Crippen LogP contribution in [0.25, 0.3) is 10.9 Å². The van der Waals surface area contributed by atoms with Crippen LogP contribution < -0.4 is 4.74 Å². The SMILES string of the molecule is CC12CCC(C(=O)Oc3ccnc4ccccc34)(OC1=O)C2(C)C. The molecule has 1 aliphatic heterocycles. The zero-order valence-electron chi connectivity index (χ0n) is 14.0. The van der Waals surface area contributed by atoms with Gasteiger partial charge in [0.05, 0.1) is 10.9 Å². The Balaban J connectivity index is 1.74. The van der Waals surface area contributed by atoms with E-state index in [1.165, 1.54) is 0 Å². The van der Waals surface area contributed by atoms with E-state index in [9.17, 15) is 9.59 Å². The Hall–Kier alpha value is -2.43. The Morgan fingerprint density at radius 2 is 1.92 bits per heavy atom. The van der Waals surface area contributed by atoms with Crippen LogP contribution in [0.15, 0.2) is 36.5 Å². The Morgan fingerprint density at radius 3 is 2.58 bits per heavy atom. The summed E-state index contributed by atoms with van der Waals surface area (Å²) in [5.41, 5.74) is -1.73. The van der Waals surface area contributed by atoms with E-state index in [2.05, 4.69) is 4.98 Å². The van der Waals surface area contributed by atoms with Gasteiger partial charge in [0.25, 0.3) is 0 Å². The van der Waals surface area contributed by atoms with Gasteiger partial charge in [0.2, 0.25) is 5.60 Å². The molecule has 0 N–H and O–H groups in total. The summed E-state index contributed by atoms with van der Waals surface area (Å²) in [4.78, 5) is 29.6. The molecule has 5 heteroatoms. The van der Waals surface area contributed by atoms with Crippen molar-refractivity contribution in [2.24, 2.45) is 10.8 Å². The van der Waals surface area contributed by atoms with Gasteiger partial charge in [0, 0.05) is 17.0 Å². The molecule has 2 aliphatic rings. The third kappa shape index (κ3) is 1.62. The smallest absolute Gasteiger partial charge is 0.356 e. The van der Waals surface area contributed by atoms with Crippen LogP contribution in [0.4, 0.5) is 0 Å². The van der Waals surface area contributed by atoms with Crippen LogP contribution in [0.5, 0.6) is 5.75 Å². The van der Waals surface area contributed by atoms with Gasteiger partial charge in [-0.3, -0.25) is 9.78 Å². The number of benzene rings is 1. The van der Waals surface area contributed by atoms with E-state index in [0.29, 0.717) is 18.6 Å². The maximum absolute atomic E-state index is 13.0. The number of esters is 2. The second-order valence-electron chi connectivity index (χ2n) is 7.39. The number of ether oxygens (including phenoxy) is 2. The summed E-state index contributed by atoms with van der Waals surface area (Å²) in [5.74, 6) is -0.374. The molecule has 1 aromatic heterocycles. The van der Waals surface area contributed by atoms with Gasteiger partial charge in [-0.25, -0.2) is 4.79 Å². The highest BCUT2D eigenvalue weighted by Crippen LogP contribution is 2.65. The number of carbonyl (C=O) groups is 2. The molecule has 2 bridgehead atoms. The Morgan fingerprint density at radius 1 is 1.17 bits per heavy atom. The number of pyridine rings is 1. The van der Waals surface area contributed by atoms with E-state index in [0.717, 1.165) is 10.9 Å². The van der Waals surface area contributed by atoms with E-state index in [1.807, 2.05) is 45.0 Å². The summed E-state index contributed by atoms with van der Waals surface area (Å²) in [7, 11) is 0. The van der Waals surface area contributed by atoms with Crippen LogP contribution in [0.3, 0.4) is 0 Å². The molecule has 24 heavy (non-hydrogen) atoms. The molecule has 0 amide bonds. The first-order valence-corrected chi connectivity index (χ1v) is 8.11. The molecule has 4 rings (SSSR count). The van der Waals surface area contributed by atoms with Crippen LogP contribution in [-0.2, 0) is 14.3 Å². The Kier molecular flexibility index (Phi) is 2.87. The fourth-order valence-corrected chi connectivity index (χ4v) is 4.04. The number of hydrogen-bond donors (Lipinski definition) is 0. The lowest BCUT2D eigenvalue weighted by Gasteiger charge is -2.34. The number of fused-ring (bicyclic) bond motifs is 3. The first-order chi connectivity index (χ1) is 11.3. The van der Waals surface area contributed by atoms with E-state index < -0.39 is 22.4 Å². The number of aromatic nitrogens is 1. The van der Waals surface area contributed by atoms with Crippen LogP contribution in [-0.4, -0.2) is 22.5 Å². The molecule has 5 nitrogen and oxygen atoms in total. The van der Waals surface area contributed by atoms with Crippen LogP contribution >= 0.6 is 0 Å². The van der Waals surface area contributed by atoms with E-state index in [-0.39, 0.29) is 5.97 Å². The molecular weight excluding hydrogens is 306 g/mol. The molecule has 2 aromatic rings. The highest BCUT2D eigenvalue weighted by Gasteiger charge is 2.76. The first kappa shape index (κ1) is 15.1. The number of hydrogen-bond acceptors (Lipinski definition) is 5. The van der Waals surface area contributed by atoms with Crippen molar-refractivity contribution in [1.82, 2.24) is 4.98 Å². The summed E-state index contributed by atoms with van der Waals surface area (Å²) in [6, 6.07) is 9.12. The Labute approximate surface area is 140 Å². The van der Waals surface area contributed by atoms with Crippen molar-refractivity contribution in [3.63, 3.8) is 0 Å². The summed E-state index contributed by atoms with van der Waals surface area (Å²) in [6.07, 6.45) is 2.72. The minimum Gasteiger partial charge on any atom is -0.446 e. The summed E-state index contributed by atoms with van der Waals surface area (Å²) >= 11 is 0. The average Bonchev–Trinajstić information content (AvgIpc) is 2.85. The third-order valence-corrected chi connectivity index (χ3v) is 6.22. The minimum absolute atomic E-state index is 0.310. The fraction of sp³-hybridized carbons (Fsp3) is 0.421. The number of nitrogens with zero attached hydrogens (tertiary/aromatic N) is 1. The molecule has 1 saturated heterocycles. The quantitative estimate of drug-likeness (QED) is 0.793. The number of para-hydroxylation sites is 1. The van der Waals surface area contributed by atoms with Crippen molar-refractivity contribution in [2.45, 2.75) is 39.2 Å². The van der Waals surface area contributed by atoms with Gasteiger partial charge in [-0.05, 0) is 38.0 Å². The number of carbonyl (C=O) groups excluding carboxylic acids is 2. The van der Waals surface area contributed by atoms with Gasteiger partial charge in [0.1, 0.15) is 5.75 Å². The van der Waals surface area contributed by atoms with Crippen molar-refractivity contribution in [1.29, 1.82) is 0 Å². The van der Waals surface area contributed by atoms with Crippen molar-refractivity contribution in [3.05, 3.63) is 36.5 Å². The maximum atomic E-state index is 13.0. The van der Waals surface area contributed by atoms with Crippen molar-refractivity contribution in [2.75, 3.05) is 0 Å². The van der Waals surface area contributed by atoms with Gasteiger partial charge in [-0.15, -0.1) is 0 Å². The molecule has 1 aromatic carbocycles. The average molecular weight is 325 g/mol. The monoisotopic (exact) mass is 325 g/mol. The molecule has 2 fully saturated rings. The maximum Gasteiger partial charge on any atom is 0.356 e. The molecule has 0 radical (unpaired) electrons. The minimum atomic E-state index is -1.22. The standard InChI is InChI=1S/C19H19NO4/c1-17(2)18(3)9-10-19(17,24-15(18)21)16(22)23-14-8-11-20-13-7-5-4-6-12(13)14/h4-8,11H,9-10H2,1-3H3. The van der Waals surface area contributed by atoms with Crippen LogP contribution in [0.2, 0.25) is 0 Å². The van der Waals surface area contributed by atoms with Gasteiger partial charge < -0.3 is 9.47 Å². The molecule has 2 unspecified atom stereocenters. The van der Waals surface area contributed by atoms with Crippen LogP contribution in [0, 0.1) is 10.8 Å². The zero-order chi connectivity index (χ0) is 17.2. The van der Waals surface area contributed by atoms with E-state index in [4.69, 9.17) is 9.47 Å². The second kappa shape index (κ2) is 4.56. The topological polar surface area (TPSA) is 65.5 Å². The van der Waals surface area contributed by atoms with Crippen molar-refractivity contribution < 1.29 is 19.1 Å². The highest BCUT2D eigenvalue weighted by atomic mass is 16.6. The third-order valence-electron chi connectivity index (χ3n) is 6.22. The second-order valence-corrected chi connectivity index (χ2v) is 7.39. The largest absolute Gasteiger partial charge is 0.446 e. The lowest BCUT2D eigenvalue weighted by molar-refractivity contribution is -0.176. The highest BCUT2D eigenvalue weighted by molar-refractivity contribution is 5.96. The van der Waals surface area contributed by atoms with Crippen molar-refractivity contribution in [3.8, 4) is 5.75 Å². The fourth-order valence-electron chi connectivity index (χ4n) is 4.04. The molecular formula is C19H19NO4. The van der Waals surface area contributed by atoms with E-state index >= 15 is 0 Å². The zero-order valence-corrected chi connectivity index (χ0v) is 14.0. The number of rotatable bonds is 2. The van der Waals surface area contributed by atoms with Gasteiger partial charge >= 0.3 is 11.9 Å². The Bertz CT molecular complexity index is 869. The lowest BCUT2D eigenvalue weighted by Crippen LogP contribution is -2.50. The predicted molar refractivity (Wildman–Crippen MR) is 87.3 cm³/mol. The lowest BCUT2D eigenvalue weighted by atomic mass is 9.66. The molecule has 2 heterocycles. The molecule has 1 aliphatic carbocycles. The summed E-state index contributed by atoms with van der Waals surface area (Å²) in [5, 5.41) is 0.757. The first-order valence-electron chi connectivity index (χ1n) is 8.11. The normalized spacial score (nSPS) is 30.4. The van der Waals surface area contributed by atoms with Crippen molar-refractivity contribution >= 4 is 22.8 Å². The molecule has 124 valence electrons. The molecule has 2 atom stereocenters. The van der Waals surface area contributed by atoms with Crippen LogP contribution in [0.1, 0.15) is 33.6 Å².